The van der Waals surface area contributed by atoms with Gasteiger partial charge in [-0.15, -0.1) is 0 Å². The molecule has 5 nitrogen and oxygen atoms in total. The van der Waals surface area contributed by atoms with Gasteiger partial charge in [-0.1, -0.05) is 13.8 Å². The molecule has 0 atom stereocenters. The SMILES string of the molecule is CCC(CC)N(CCO)c1ccc(C(=O)N(C)C)cn1. The predicted molar refractivity (Wildman–Crippen MR) is 81.1 cm³/mol. The normalized spacial score (nSPS) is 10.7. The maximum absolute atomic E-state index is 11.8. The first-order valence-corrected chi connectivity index (χ1v) is 7.10. The largest absolute Gasteiger partial charge is 0.395 e. The van der Waals surface area contributed by atoms with Crippen LogP contribution in [0, 0.1) is 0 Å². The molecule has 1 aromatic heterocycles. The highest BCUT2D eigenvalue weighted by Gasteiger charge is 2.17. The first-order chi connectivity index (χ1) is 9.54. The average Bonchev–Trinajstić information content (AvgIpc) is 2.47. The second kappa shape index (κ2) is 7.85. The summed E-state index contributed by atoms with van der Waals surface area (Å²) in [5, 5.41) is 9.22. The molecule has 0 unspecified atom stereocenters. The number of amides is 1. The molecule has 0 aliphatic rings. The molecule has 1 amide bonds. The lowest BCUT2D eigenvalue weighted by molar-refractivity contribution is 0.0827. The molecule has 0 bridgehead atoms. The Morgan fingerprint density at radius 1 is 1.30 bits per heavy atom. The summed E-state index contributed by atoms with van der Waals surface area (Å²) in [4.78, 5) is 19.8. The van der Waals surface area contributed by atoms with Gasteiger partial charge in [-0.2, -0.15) is 0 Å². The smallest absolute Gasteiger partial charge is 0.254 e. The lowest BCUT2D eigenvalue weighted by atomic mass is 10.1. The molecule has 0 aromatic carbocycles. The third-order valence-corrected chi connectivity index (χ3v) is 3.42. The van der Waals surface area contributed by atoms with Crippen LogP contribution in [0.1, 0.15) is 37.0 Å². The molecule has 0 saturated heterocycles. The van der Waals surface area contributed by atoms with E-state index in [1.165, 1.54) is 4.90 Å². The van der Waals surface area contributed by atoms with Gasteiger partial charge in [-0.05, 0) is 25.0 Å². The van der Waals surface area contributed by atoms with Crippen LogP contribution in [0.5, 0.6) is 0 Å². The van der Waals surface area contributed by atoms with Crippen LogP contribution < -0.4 is 4.90 Å². The van der Waals surface area contributed by atoms with E-state index in [4.69, 9.17) is 0 Å². The Hall–Kier alpha value is -1.62. The van der Waals surface area contributed by atoms with Gasteiger partial charge in [0.05, 0.1) is 12.2 Å². The molecule has 0 saturated carbocycles. The number of rotatable bonds is 7. The Kier molecular flexibility index (Phi) is 6.45. The van der Waals surface area contributed by atoms with E-state index in [2.05, 4.69) is 23.7 Å². The van der Waals surface area contributed by atoms with E-state index in [0.29, 0.717) is 18.2 Å². The van der Waals surface area contributed by atoms with E-state index in [1.54, 1.807) is 26.4 Å². The fourth-order valence-electron chi connectivity index (χ4n) is 2.26. The Morgan fingerprint density at radius 3 is 2.35 bits per heavy atom. The van der Waals surface area contributed by atoms with E-state index in [0.717, 1.165) is 18.7 Å². The highest BCUT2D eigenvalue weighted by atomic mass is 16.3. The summed E-state index contributed by atoms with van der Waals surface area (Å²) in [7, 11) is 3.44. The van der Waals surface area contributed by atoms with Gasteiger partial charge < -0.3 is 14.9 Å². The number of carbonyl (C=O) groups excluding carboxylic acids is 1. The summed E-state index contributed by atoms with van der Waals surface area (Å²) < 4.78 is 0. The highest BCUT2D eigenvalue weighted by molar-refractivity contribution is 5.93. The minimum absolute atomic E-state index is 0.0553. The van der Waals surface area contributed by atoms with E-state index < -0.39 is 0 Å². The monoisotopic (exact) mass is 279 g/mol. The number of nitrogens with zero attached hydrogens (tertiary/aromatic N) is 3. The van der Waals surface area contributed by atoms with Gasteiger partial charge in [-0.25, -0.2) is 4.98 Å². The van der Waals surface area contributed by atoms with Crippen molar-refractivity contribution in [2.75, 3.05) is 32.1 Å². The Balaban J connectivity index is 2.96. The third kappa shape index (κ3) is 3.93. The second-order valence-corrected chi connectivity index (χ2v) is 4.99. The number of aliphatic hydroxyl groups excluding tert-OH is 1. The van der Waals surface area contributed by atoms with Crippen molar-refractivity contribution >= 4 is 11.7 Å². The van der Waals surface area contributed by atoms with Crippen molar-refractivity contribution in [1.82, 2.24) is 9.88 Å². The molecule has 0 spiro atoms. The van der Waals surface area contributed by atoms with E-state index in [9.17, 15) is 9.90 Å². The van der Waals surface area contributed by atoms with Crippen LogP contribution in [0.25, 0.3) is 0 Å². The number of aliphatic hydroxyl groups is 1. The summed E-state index contributed by atoms with van der Waals surface area (Å²) in [5.41, 5.74) is 0.576. The summed E-state index contributed by atoms with van der Waals surface area (Å²) in [5.74, 6) is 0.753. The van der Waals surface area contributed by atoms with Crippen LogP contribution >= 0.6 is 0 Å². The van der Waals surface area contributed by atoms with Gasteiger partial charge in [0.15, 0.2) is 0 Å². The van der Waals surface area contributed by atoms with Gasteiger partial charge in [0.2, 0.25) is 0 Å². The summed E-state index contributed by atoms with van der Waals surface area (Å²) in [6, 6.07) is 3.99. The van der Waals surface area contributed by atoms with E-state index in [1.807, 2.05) is 6.07 Å². The molecular formula is C15H25N3O2. The molecule has 112 valence electrons. The number of aromatic nitrogens is 1. The van der Waals surface area contributed by atoms with Gasteiger partial charge in [0.1, 0.15) is 5.82 Å². The Morgan fingerprint density at radius 2 is 1.95 bits per heavy atom. The van der Waals surface area contributed by atoms with Crippen LogP contribution in [-0.2, 0) is 0 Å². The first-order valence-electron chi connectivity index (χ1n) is 7.10. The highest BCUT2D eigenvalue weighted by Crippen LogP contribution is 2.18. The number of hydrogen-bond donors (Lipinski definition) is 1. The molecule has 0 aliphatic carbocycles. The molecule has 5 heteroatoms. The van der Waals surface area contributed by atoms with E-state index >= 15 is 0 Å². The zero-order valence-corrected chi connectivity index (χ0v) is 12.8. The van der Waals surface area contributed by atoms with Crippen LogP contribution in [0.15, 0.2) is 18.3 Å². The fourth-order valence-corrected chi connectivity index (χ4v) is 2.26. The Bertz CT molecular complexity index is 414. The standard InChI is InChI=1S/C15H25N3O2/c1-5-13(6-2)18(9-10-19)14-8-7-12(11-16-14)15(20)17(3)4/h7-8,11,13,19H,5-6,9-10H2,1-4H3. The van der Waals surface area contributed by atoms with Gasteiger partial charge in [-0.3, -0.25) is 4.79 Å². The zero-order chi connectivity index (χ0) is 15.1. The lowest BCUT2D eigenvalue weighted by Gasteiger charge is -2.31. The molecule has 20 heavy (non-hydrogen) atoms. The first kappa shape index (κ1) is 16.4. The Labute approximate surface area is 121 Å². The van der Waals surface area contributed by atoms with Crippen molar-refractivity contribution < 1.29 is 9.90 Å². The maximum atomic E-state index is 11.8. The number of carbonyl (C=O) groups is 1. The minimum atomic E-state index is -0.0553. The van der Waals surface area contributed by atoms with Gasteiger partial charge >= 0.3 is 0 Å². The van der Waals surface area contributed by atoms with E-state index in [-0.39, 0.29) is 12.5 Å². The molecule has 0 fully saturated rings. The maximum Gasteiger partial charge on any atom is 0.254 e. The molecule has 1 N–H and O–H groups in total. The fraction of sp³-hybridized carbons (Fsp3) is 0.600. The zero-order valence-electron chi connectivity index (χ0n) is 12.8. The molecule has 0 radical (unpaired) electrons. The van der Waals surface area contributed by atoms with Crippen molar-refractivity contribution in [3.63, 3.8) is 0 Å². The quantitative estimate of drug-likeness (QED) is 0.826. The average molecular weight is 279 g/mol. The number of pyridine rings is 1. The lowest BCUT2D eigenvalue weighted by Crippen LogP contribution is -2.37. The van der Waals surface area contributed by atoms with Crippen LogP contribution in [0.4, 0.5) is 5.82 Å². The molecule has 1 aromatic rings. The third-order valence-electron chi connectivity index (χ3n) is 3.42. The molecule has 1 heterocycles. The summed E-state index contributed by atoms with van der Waals surface area (Å²) in [6.07, 6.45) is 3.59. The van der Waals surface area contributed by atoms with Crippen molar-refractivity contribution in [1.29, 1.82) is 0 Å². The van der Waals surface area contributed by atoms with Crippen LogP contribution in [0.3, 0.4) is 0 Å². The van der Waals surface area contributed by atoms with Gasteiger partial charge in [0, 0.05) is 32.9 Å². The van der Waals surface area contributed by atoms with Crippen molar-refractivity contribution in [3.8, 4) is 0 Å². The number of hydrogen-bond acceptors (Lipinski definition) is 4. The van der Waals surface area contributed by atoms with Crippen LogP contribution in [-0.4, -0.2) is 54.2 Å². The van der Waals surface area contributed by atoms with Crippen LogP contribution in [0.2, 0.25) is 0 Å². The number of anilines is 1. The summed E-state index contributed by atoms with van der Waals surface area (Å²) in [6.45, 7) is 4.90. The molecular weight excluding hydrogens is 254 g/mol. The second-order valence-electron chi connectivity index (χ2n) is 4.99. The molecule has 1 rings (SSSR count). The predicted octanol–water partition coefficient (Wildman–Crippen LogP) is 1.77. The van der Waals surface area contributed by atoms with Crippen molar-refractivity contribution in [2.24, 2.45) is 0 Å². The summed E-state index contributed by atoms with van der Waals surface area (Å²) >= 11 is 0. The van der Waals surface area contributed by atoms with Crippen molar-refractivity contribution in [2.45, 2.75) is 32.7 Å². The minimum Gasteiger partial charge on any atom is -0.395 e. The van der Waals surface area contributed by atoms with Crippen molar-refractivity contribution in [3.05, 3.63) is 23.9 Å². The molecule has 0 aliphatic heterocycles. The van der Waals surface area contributed by atoms with Gasteiger partial charge in [0.25, 0.3) is 5.91 Å². The topological polar surface area (TPSA) is 56.7 Å².